The Morgan fingerprint density at radius 1 is 0.844 bits per heavy atom. The standard InChI is InChI=1S/C26H23N5O/c1-17-9-12-20(13-10-17)26-22(30-16-18(2)11-14-24(30)27-26)15-23(32)25-19(3)28-31(29-25)21-7-5-4-6-8-21/h4-14,16H,15H2,1-3H3. The third-order valence-electron chi connectivity index (χ3n) is 5.55. The van der Waals surface area contributed by atoms with Gasteiger partial charge in [-0.2, -0.15) is 9.90 Å². The molecule has 6 heteroatoms. The smallest absolute Gasteiger partial charge is 0.190 e. The van der Waals surface area contributed by atoms with E-state index in [2.05, 4.69) is 41.4 Å². The number of aryl methyl sites for hydroxylation is 3. The number of hydrogen-bond acceptors (Lipinski definition) is 4. The summed E-state index contributed by atoms with van der Waals surface area (Å²) in [6.07, 6.45) is 2.21. The van der Waals surface area contributed by atoms with Gasteiger partial charge in [0.25, 0.3) is 0 Å². The Hall–Kier alpha value is -4.06. The monoisotopic (exact) mass is 421 g/mol. The van der Waals surface area contributed by atoms with Crippen molar-refractivity contribution in [1.29, 1.82) is 0 Å². The van der Waals surface area contributed by atoms with E-state index in [0.717, 1.165) is 33.8 Å². The molecule has 0 N–H and O–H groups in total. The molecule has 0 amide bonds. The molecule has 6 nitrogen and oxygen atoms in total. The van der Waals surface area contributed by atoms with Crippen LogP contribution in [-0.2, 0) is 6.42 Å². The van der Waals surface area contributed by atoms with Crippen molar-refractivity contribution in [2.45, 2.75) is 27.2 Å². The maximum absolute atomic E-state index is 13.4. The molecule has 0 spiro atoms. The summed E-state index contributed by atoms with van der Waals surface area (Å²) in [6, 6.07) is 21.8. The number of para-hydroxylation sites is 1. The first-order chi connectivity index (χ1) is 15.5. The van der Waals surface area contributed by atoms with Gasteiger partial charge in [0.05, 0.1) is 29.2 Å². The number of hydrogen-bond donors (Lipinski definition) is 0. The molecule has 5 rings (SSSR count). The van der Waals surface area contributed by atoms with Gasteiger partial charge in [-0.15, -0.1) is 5.10 Å². The number of nitrogens with zero attached hydrogens (tertiary/aromatic N) is 5. The highest BCUT2D eigenvalue weighted by Crippen LogP contribution is 2.27. The lowest BCUT2D eigenvalue weighted by molar-refractivity contribution is 0.0986. The number of carbonyl (C=O) groups is 1. The predicted molar refractivity (Wildman–Crippen MR) is 124 cm³/mol. The lowest BCUT2D eigenvalue weighted by Crippen LogP contribution is -2.10. The average Bonchev–Trinajstić information content (AvgIpc) is 3.36. The molecule has 0 unspecified atom stereocenters. The second-order valence-corrected chi connectivity index (χ2v) is 8.07. The maximum Gasteiger partial charge on any atom is 0.190 e. The summed E-state index contributed by atoms with van der Waals surface area (Å²) in [6.45, 7) is 5.91. The van der Waals surface area contributed by atoms with Crippen LogP contribution < -0.4 is 0 Å². The number of pyridine rings is 1. The van der Waals surface area contributed by atoms with Gasteiger partial charge in [-0.3, -0.25) is 4.79 Å². The van der Waals surface area contributed by atoms with Gasteiger partial charge in [0.15, 0.2) is 11.5 Å². The van der Waals surface area contributed by atoms with Crippen molar-refractivity contribution in [3.63, 3.8) is 0 Å². The molecule has 158 valence electrons. The minimum Gasteiger partial charge on any atom is -0.303 e. The van der Waals surface area contributed by atoms with E-state index in [4.69, 9.17) is 4.98 Å². The number of ketones is 1. The Balaban J connectivity index is 1.57. The van der Waals surface area contributed by atoms with Gasteiger partial charge in [0, 0.05) is 11.8 Å². The summed E-state index contributed by atoms with van der Waals surface area (Å²) in [5, 5.41) is 8.96. The average molecular weight is 422 g/mol. The second kappa shape index (κ2) is 7.89. The quantitative estimate of drug-likeness (QED) is 0.377. The van der Waals surface area contributed by atoms with E-state index < -0.39 is 0 Å². The van der Waals surface area contributed by atoms with E-state index in [1.807, 2.05) is 66.9 Å². The Morgan fingerprint density at radius 2 is 1.56 bits per heavy atom. The molecule has 0 radical (unpaired) electrons. The van der Waals surface area contributed by atoms with Crippen molar-refractivity contribution < 1.29 is 4.79 Å². The molecule has 0 bridgehead atoms. The molecule has 3 heterocycles. The Morgan fingerprint density at radius 3 is 2.31 bits per heavy atom. The molecule has 5 aromatic rings. The third kappa shape index (κ3) is 3.60. The van der Waals surface area contributed by atoms with E-state index in [0.29, 0.717) is 11.4 Å². The highest BCUT2D eigenvalue weighted by molar-refractivity contribution is 5.97. The van der Waals surface area contributed by atoms with Crippen molar-refractivity contribution in [3.05, 3.63) is 101 Å². The van der Waals surface area contributed by atoms with Crippen LogP contribution in [0.1, 0.15) is 33.0 Å². The fourth-order valence-corrected chi connectivity index (χ4v) is 3.86. The van der Waals surface area contributed by atoms with Gasteiger partial charge >= 0.3 is 0 Å². The maximum atomic E-state index is 13.4. The normalized spacial score (nSPS) is 11.2. The minimum atomic E-state index is -0.0821. The Labute approximate surface area is 186 Å². The fraction of sp³-hybridized carbons (Fsp3) is 0.154. The molecule has 0 fully saturated rings. The number of Topliss-reactive ketones (excluding diaryl/α,β-unsaturated/α-hetero) is 1. The molecule has 0 saturated heterocycles. The van der Waals surface area contributed by atoms with E-state index in [1.54, 1.807) is 0 Å². The Kier molecular flexibility index (Phi) is 4.90. The molecule has 0 saturated carbocycles. The Bertz CT molecular complexity index is 1430. The first kappa shape index (κ1) is 19.9. The summed E-state index contributed by atoms with van der Waals surface area (Å²) in [7, 11) is 0. The molecule has 0 atom stereocenters. The molecule has 32 heavy (non-hydrogen) atoms. The summed E-state index contributed by atoms with van der Waals surface area (Å²) in [5.41, 5.74) is 7.57. The van der Waals surface area contributed by atoms with Crippen LogP contribution in [0.5, 0.6) is 0 Å². The van der Waals surface area contributed by atoms with Gasteiger partial charge in [-0.05, 0) is 44.5 Å². The highest BCUT2D eigenvalue weighted by Gasteiger charge is 2.22. The molecular weight excluding hydrogens is 398 g/mol. The van der Waals surface area contributed by atoms with Crippen LogP contribution >= 0.6 is 0 Å². The van der Waals surface area contributed by atoms with Crippen LogP contribution in [0.4, 0.5) is 0 Å². The van der Waals surface area contributed by atoms with Crippen LogP contribution in [0.15, 0.2) is 72.9 Å². The van der Waals surface area contributed by atoms with Gasteiger partial charge < -0.3 is 4.40 Å². The van der Waals surface area contributed by atoms with Crippen molar-refractivity contribution in [3.8, 4) is 16.9 Å². The largest absolute Gasteiger partial charge is 0.303 e. The van der Waals surface area contributed by atoms with Crippen LogP contribution in [0.2, 0.25) is 0 Å². The minimum absolute atomic E-state index is 0.0821. The van der Waals surface area contributed by atoms with Gasteiger partial charge in [-0.1, -0.05) is 54.1 Å². The lowest BCUT2D eigenvalue weighted by Gasteiger charge is -2.06. The fourth-order valence-electron chi connectivity index (χ4n) is 3.86. The molecule has 0 aliphatic carbocycles. The van der Waals surface area contributed by atoms with Gasteiger partial charge in [0.1, 0.15) is 5.65 Å². The topological polar surface area (TPSA) is 65.1 Å². The van der Waals surface area contributed by atoms with Crippen molar-refractivity contribution in [1.82, 2.24) is 24.4 Å². The summed E-state index contributed by atoms with van der Waals surface area (Å²) in [4.78, 5) is 19.7. The summed E-state index contributed by atoms with van der Waals surface area (Å²) in [5.74, 6) is -0.0821. The number of carbonyl (C=O) groups excluding carboxylic acids is 1. The summed E-state index contributed by atoms with van der Waals surface area (Å²) < 4.78 is 2.01. The van der Waals surface area contributed by atoms with Crippen molar-refractivity contribution in [2.24, 2.45) is 0 Å². The highest BCUT2D eigenvalue weighted by atomic mass is 16.1. The zero-order valence-electron chi connectivity index (χ0n) is 18.3. The van der Waals surface area contributed by atoms with E-state index >= 15 is 0 Å². The predicted octanol–water partition coefficient (Wildman–Crippen LogP) is 4.93. The molecule has 3 aromatic heterocycles. The number of fused-ring (bicyclic) bond motifs is 1. The van der Waals surface area contributed by atoms with E-state index in [9.17, 15) is 4.79 Å². The van der Waals surface area contributed by atoms with Crippen LogP contribution in [0.3, 0.4) is 0 Å². The number of aromatic nitrogens is 5. The van der Waals surface area contributed by atoms with Gasteiger partial charge in [0.2, 0.25) is 0 Å². The van der Waals surface area contributed by atoms with Gasteiger partial charge in [-0.25, -0.2) is 4.98 Å². The lowest BCUT2D eigenvalue weighted by atomic mass is 10.0. The second-order valence-electron chi connectivity index (χ2n) is 8.07. The number of imidazole rings is 1. The zero-order valence-corrected chi connectivity index (χ0v) is 18.3. The molecule has 0 aliphatic heterocycles. The van der Waals surface area contributed by atoms with Crippen molar-refractivity contribution in [2.75, 3.05) is 0 Å². The van der Waals surface area contributed by atoms with Crippen LogP contribution in [0.25, 0.3) is 22.6 Å². The number of benzene rings is 2. The zero-order chi connectivity index (χ0) is 22.2. The van der Waals surface area contributed by atoms with Crippen LogP contribution in [0, 0.1) is 20.8 Å². The summed E-state index contributed by atoms with van der Waals surface area (Å²) >= 11 is 0. The SMILES string of the molecule is Cc1ccc(-c2nc3ccc(C)cn3c2CC(=O)c2nn(-c3ccccc3)nc2C)cc1. The van der Waals surface area contributed by atoms with Crippen LogP contribution in [-0.4, -0.2) is 30.2 Å². The van der Waals surface area contributed by atoms with E-state index in [1.165, 1.54) is 10.4 Å². The first-order valence-electron chi connectivity index (χ1n) is 10.6. The molecule has 0 aliphatic rings. The molecular formula is C26H23N5O. The molecule has 2 aromatic carbocycles. The van der Waals surface area contributed by atoms with Crippen molar-refractivity contribution >= 4 is 11.4 Å². The van der Waals surface area contributed by atoms with E-state index in [-0.39, 0.29) is 12.2 Å². The third-order valence-corrected chi connectivity index (χ3v) is 5.55. The number of rotatable bonds is 5. The first-order valence-corrected chi connectivity index (χ1v) is 10.6.